The zero-order valence-electron chi connectivity index (χ0n) is 10.3. The molecule has 0 unspecified atom stereocenters. The average Bonchev–Trinajstić information content (AvgIpc) is 2.33. The first-order valence-electron chi connectivity index (χ1n) is 4.91. The number of rotatable bonds is 3. The van der Waals surface area contributed by atoms with Gasteiger partial charge in [0.25, 0.3) is 0 Å². The minimum absolute atomic E-state index is 0. The Hall–Kier alpha value is 0.0286. The number of hydrogen-bond donors (Lipinski definition) is 1. The molecule has 2 rings (SSSR count). The zero-order chi connectivity index (χ0) is 10.5. The molecule has 1 radical (unpaired) electrons. The third-order valence-electron chi connectivity index (χ3n) is 2.39. The van der Waals surface area contributed by atoms with Crippen LogP contribution in [0.1, 0.15) is 0 Å². The fourth-order valence-corrected chi connectivity index (χ4v) is 5.58. The normalized spacial score (nSPS) is 9.29. The van der Waals surface area contributed by atoms with Gasteiger partial charge in [0.2, 0.25) is 0 Å². The molecule has 0 atom stereocenters. The van der Waals surface area contributed by atoms with E-state index in [4.69, 9.17) is 0 Å². The third-order valence-corrected chi connectivity index (χ3v) is 7.53. The Balaban J connectivity index is 0.00000128. The van der Waals surface area contributed by atoms with Gasteiger partial charge >= 0.3 is 37.7 Å². The van der Waals surface area contributed by atoms with E-state index in [0.717, 1.165) is 0 Å². The predicted octanol–water partition coefficient (Wildman–Crippen LogP) is -5.86. The molecule has 0 spiro atoms. The molecule has 0 heterocycles. The summed E-state index contributed by atoms with van der Waals surface area (Å²) in [6, 6.07) is 20.7. The van der Waals surface area contributed by atoms with Crippen molar-refractivity contribution in [3.63, 3.8) is 0 Å². The zero-order valence-corrected chi connectivity index (χ0v) is 12.5. The molecule has 0 saturated heterocycles. The summed E-state index contributed by atoms with van der Waals surface area (Å²) in [5.41, 5.74) is 0. The second-order valence-electron chi connectivity index (χ2n) is 3.38. The topological polar surface area (TPSA) is 20.2 Å². The van der Waals surface area contributed by atoms with Crippen LogP contribution in [0.2, 0.25) is 0 Å². The van der Waals surface area contributed by atoms with Crippen molar-refractivity contribution >= 4 is 28.0 Å². The first-order valence-corrected chi connectivity index (χ1v) is 8.82. The monoisotopic (exact) mass is 242 g/mol. The average molecular weight is 242 g/mol. The molecule has 75 valence electrons. The molecule has 0 aliphatic rings. The molecule has 0 bridgehead atoms. The predicted molar refractivity (Wildman–Crippen MR) is 67.3 cm³/mol. The van der Waals surface area contributed by atoms with Crippen molar-refractivity contribution in [1.82, 2.24) is 0 Å². The third kappa shape index (κ3) is 4.66. The van der Waals surface area contributed by atoms with Crippen LogP contribution >= 0.6 is 0 Å². The molecule has 0 saturated carbocycles. The summed E-state index contributed by atoms with van der Waals surface area (Å²) in [4.78, 5) is 9.52. The Labute approximate surface area is 130 Å². The number of benzene rings is 2. The van der Waals surface area contributed by atoms with E-state index in [1.807, 2.05) is 36.4 Å². The second kappa shape index (κ2) is 9.02. The van der Waals surface area contributed by atoms with Crippen LogP contribution in [0.3, 0.4) is 0 Å². The van der Waals surface area contributed by atoms with E-state index in [-0.39, 0.29) is 47.0 Å². The molecule has 0 amide bonds. The van der Waals surface area contributed by atoms with E-state index in [2.05, 4.69) is 24.3 Å². The minimum Gasteiger partial charge on any atom is -0.636 e. The van der Waals surface area contributed by atoms with E-state index in [1.54, 1.807) is 0 Å². The van der Waals surface area contributed by atoms with Gasteiger partial charge in [-0.2, -0.15) is 0 Å². The van der Waals surface area contributed by atoms with Crippen molar-refractivity contribution in [1.29, 1.82) is 0 Å². The molecule has 0 aromatic heterocycles. The Morgan fingerprint density at radius 3 is 1.35 bits per heavy atom. The summed E-state index contributed by atoms with van der Waals surface area (Å²) < 4.78 is 0. The summed E-state index contributed by atoms with van der Waals surface area (Å²) in [6.07, 6.45) is 0. The van der Waals surface area contributed by atoms with Crippen molar-refractivity contribution < 1.29 is 42.5 Å². The summed E-state index contributed by atoms with van der Waals surface area (Å²) in [5.74, 6) is 0. The molecule has 2 aromatic rings. The van der Waals surface area contributed by atoms with E-state index in [9.17, 15) is 4.80 Å². The molecule has 0 fully saturated rings. The molecular formula is C12H12Li2OSi2+. The molecule has 2 aromatic carbocycles. The molecule has 0 aliphatic carbocycles. The van der Waals surface area contributed by atoms with Crippen molar-refractivity contribution in [3.05, 3.63) is 60.7 Å². The first kappa shape index (κ1) is 17.0. The van der Waals surface area contributed by atoms with Crippen LogP contribution in [0.25, 0.3) is 0 Å². The molecule has 5 heteroatoms. The maximum absolute atomic E-state index is 9.52. The first-order chi connectivity index (χ1) is 7.42. The van der Waals surface area contributed by atoms with Crippen LogP contribution in [-0.2, 0) is 0 Å². The van der Waals surface area contributed by atoms with Crippen molar-refractivity contribution in [3.8, 4) is 0 Å². The molecule has 1 N–H and O–H groups in total. The maximum Gasteiger partial charge on any atom is 1.00 e. The van der Waals surface area contributed by atoms with Crippen LogP contribution in [0.15, 0.2) is 60.7 Å². The van der Waals surface area contributed by atoms with Crippen molar-refractivity contribution in [2.75, 3.05) is 0 Å². The summed E-state index contributed by atoms with van der Waals surface area (Å²) >= 11 is 0. The summed E-state index contributed by atoms with van der Waals surface area (Å²) in [5, 5.41) is 2.62. The Morgan fingerprint density at radius 2 is 1.06 bits per heavy atom. The van der Waals surface area contributed by atoms with Gasteiger partial charge in [0.05, 0.1) is 0 Å². The molecular weight excluding hydrogens is 230 g/mol. The fraction of sp³-hybridized carbons (Fsp3) is 0. The Bertz CT molecular complexity index is 372. The van der Waals surface area contributed by atoms with Gasteiger partial charge in [-0.05, 0) is 8.31 Å². The summed E-state index contributed by atoms with van der Waals surface area (Å²) in [7, 11) is -1.30. The van der Waals surface area contributed by atoms with E-state index in [0.29, 0.717) is 0 Å². The van der Waals surface area contributed by atoms with Gasteiger partial charge in [0, 0.05) is 0 Å². The molecule has 17 heavy (non-hydrogen) atoms. The van der Waals surface area contributed by atoms with Crippen molar-refractivity contribution in [2.45, 2.75) is 0 Å². The van der Waals surface area contributed by atoms with Gasteiger partial charge in [0.1, 0.15) is 0 Å². The molecule has 0 aliphatic heterocycles. The van der Waals surface area contributed by atoms with Crippen LogP contribution in [0, 0.1) is 0 Å². The van der Waals surface area contributed by atoms with Gasteiger partial charge in [-0.3, -0.25) is 9.28 Å². The number of hydrogen-bond acceptors (Lipinski definition) is 1. The second-order valence-corrected chi connectivity index (χ2v) is 8.35. The van der Waals surface area contributed by atoms with Gasteiger partial charge in [-0.25, -0.2) is 0 Å². The van der Waals surface area contributed by atoms with Gasteiger partial charge in [0.15, 0.2) is 0 Å². The van der Waals surface area contributed by atoms with Crippen molar-refractivity contribution in [2.24, 2.45) is 0 Å². The smallest absolute Gasteiger partial charge is 0.636 e. The van der Waals surface area contributed by atoms with E-state index >= 15 is 0 Å². The molecule has 1 nitrogen and oxygen atoms in total. The quantitative estimate of drug-likeness (QED) is 0.532. The maximum atomic E-state index is 9.52. The van der Waals surface area contributed by atoms with Crippen LogP contribution < -0.4 is 48.1 Å². The van der Waals surface area contributed by atoms with Gasteiger partial charge < -0.3 is 4.80 Å². The minimum atomic E-state index is -1.35. The Kier molecular flexibility index (Phi) is 9.04. The van der Waals surface area contributed by atoms with Crippen LogP contribution in [0.5, 0.6) is 0 Å². The van der Waals surface area contributed by atoms with Crippen LogP contribution in [0.4, 0.5) is 0 Å². The SMILES string of the molecule is O[Si-][SiH](c1ccccc1)c1ccccc1.[Li+].[Li+]. The van der Waals surface area contributed by atoms with Crippen LogP contribution in [-0.4, -0.2) is 22.4 Å². The van der Waals surface area contributed by atoms with Gasteiger partial charge in [-0.1, -0.05) is 71.0 Å². The largest absolute Gasteiger partial charge is 1.00 e. The Morgan fingerprint density at radius 1 is 0.706 bits per heavy atom. The fourth-order valence-electron chi connectivity index (χ4n) is 1.63. The van der Waals surface area contributed by atoms with E-state index < -0.39 is 8.31 Å². The van der Waals surface area contributed by atoms with E-state index in [1.165, 1.54) is 10.4 Å². The summed E-state index contributed by atoms with van der Waals surface area (Å²) in [6.45, 7) is 0. The standard InChI is InChI=1S/C12H12OSi2.2Li/c13-14-15(11-7-3-1-4-8-11)12-9-5-2-6-10-12;;/h1-10,13,15H;;/q-1;2*+1. The van der Waals surface area contributed by atoms with Gasteiger partial charge in [-0.15, -0.1) is 0 Å².